The molecule has 0 aliphatic carbocycles. The molecule has 0 spiro atoms. The Hall–Kier alpha value is -2.33. The molecule has 1 unspecified atom stereocenters. The number of aromatic nitrogens is 2. The van der Waals surface area contributed by atoms with Gasteiger partial charge in [0.15, 0.2) is 0 Å². The summed E-state index contributed by atoms with van der Waals surface area (Å²) < 4.78 is 11.7. The average Bonchev–Trinajstić information content (AvgIpc) is 2.50. The molecule has 3 N–H and O–H groups in total. The van der Waals surface area contributed by atoms with Gasteiger partial charge in [0.1, 0.15) is 17.1 Å². The molecule has 1 amide bonds. The first kappa shape index (κ1) is 19.0. The van der Waals surface area contributed by atoms with Crippen molar-refractivity contribution in [1.82, 2.24) is 9.55 Å². The highest BCUT2D eigenvalue weighted by Gasteiger charge is 2.27. The molecule has 0 aromatic carbocycles. The molecule has 2 heterocycles. The summed E-state index contributed by atoms with van der Waals surface area (Å²) in [4.78, 5) is 40.3. The largest absolute Gasteiger partial charge is 0.444 e. The van der Waals surface area contributed by atoms with E-state index < -0.39 is 29.0 Å². The summed E-state index contributed by atoms with van der Waals surface area (Å²) >= 11 is 0. The lowest BCUT2D eigenvalue weighted by atomic mass is 10.2. The third kappa shape index (κ3) is 4.60. The quantitative estimate of drug-likeness (QED) is 0.674. The van der Waals surface area contributed by atoms with Crippen molar-refractivity contribution in [3.8, 4) is 0 Å². The Kier molecular flexibility index (Phi) is 5.53. The van der Waals surface area contributed by atoms with Crippen molar-refractivity contribution in [1.29, 1.82) is 0 Å². The van der Waals surface area contributed by atoms with E-state index in [9.17, 15) is 19.5 Å². The second kappa shape index (κ2) is 7.28. The van der Waals surface area contributed by atoms with Gasteiger partial charge in [0.05, 0.1) is 19.3 Å². The SMILES string of the molecule is Cn1c(NC(=O)OC(C)(C)C)c(N2CCOC(CO)C2)c(=O)[nH]c1=O. The molecule has 0 bridgehead atoms. The fourth-order valence-corrected chi connectivity index (χ4v) is 2.48. The molecule has 1 aromatic heterocycles. The zero-order chi connectivity index (χ0) is 18.8. The molecule has 1 aliphatic heterocycles. The van der Waals surface area contributed by atoms with E-state index in [1.165, 1.54) is 7.05 Å². The first-order chi connectivity index (χ1) is 11.6. The molecule has 0 saturated carbocycles. The van der Waals surface area contributed by atoms with Crippen molar-refractivity contribution in [2.45, 2.75) is 32.5 Å². The Morgan fingerprint density at radius 2 is 2.12 bits per heavy atom. The number of amides is 1. The number of anilines is 2. The predicted molar refractivity (Wildman–Crippen MR) is 91.2 cm³/mol. The molecule has 140 valence electrons. The lowest BCUT2D eigenvalue weighted by molar-refractivity contribution is 0.00350. The summed E-state index contributed by atoms with van der Waals surface area (Å²) in [5.74, 6) is 0.0292. The van der Waals surface area contributed by atoms with Gasteiger partial charge in [-0.25, -0.2) is 9.59 Å². The molecule has 10 nitrogen and oxygen atoms in total. The Morgan fingerprint density at radius 3 is 2.72 bits per heavy atom. The highest BCUT2D eigenvalue weighted by atomic mass is 16.6. The molecule has 1 fully saturated rings. The number of nitrogens with zero attached hydrogens (tertiary/aromatic N) is 2. The fraction of sp³-hybridized carbons (Fsp3) is 0.667. The van der Waals surface area contributed by atoms with Crippen molar-refractivity contribution in [2.24, 2.45) is 7.05 Å². The van der Waals surface area contributed by atoms with E-state index in [0.717, 1.165) is 4.57 Å². The van der Waals surface area contributed by atoms with Gasteiger partial charge in [0.2, 0.25) is 0 Å². The summed E-state index contributed by atoms with van der Waals surface area (Å²) in [6.45, 7) is 5.85. The zero-order valence-electron chi connectivity index (χ0n) is 14.8. The van der Waals surface area contributed by atoms with Gasteiger partial charge in [-0.3, -0.25) is 19.7 Å². The maximum atomic E-state index is 12.4. The van der Waals surface area contributed by atoms with Crippen LogP contribution in [0.3, 0.4) is 0 Å². The number of hydrogen-bond acceptors (Lipinski definition) is 7. The minimum atomic E-state index is -0.777. The van der Waals surface area contributed by atoms with Crippen LogP contribution in [0.4, 0.5) is 16.3 Å². The van der Waals surface area contributed by atoms with E-state index in [2.05, 4.69) is 10.3 Å². The second-order valence-electron chi connectivity index (χ2n) is 6.76. The Bertz CT molecular complexity index is 748. The van der Waals surface area contributed by atoms with Gasteiger partial charge < -0.3 is 19.5 Å². The van der Waals surface area contributed by atoms with Crippen LogP contribution in [0, 0.1) is 0 Å². The second-order valence-corrected chi connectivity index (χ2v) is 6.76. The standard InChI is InChI=1S/C15H24N4O6/c1-15(2,3)25-14(23)16-11-10(12(21)17-13(22)18(11)4)19-5-6-24-9(7-19)8-20/h9,20H,5-8H2,1-4H3,(H,16,23)(H,17,21,22). The number of rotatable bonds is 3. The molecule has 1 atom stereocenters. The molecule has 0 radical (unpaired) electrons. The third-order valence-corrected chi connectivity index (χ3v) is 3.58. The number of carbonyl (C=O) groups excluding carboxylic acids is 1. The molecule has 1 aliphatic rings. The molecule has 1 aromatic rings. The topological polar surface area (TPSA) is 126 Å². The van der Waals surface area contributed by atoms with E-state index in [-0.39, 0.29) is 24.7 Å². The minimum Gasteiger partial charge on any atom is -0.444 e. The van der Waals surface area contributed by atoms with E-state index in [0.29, 0.717) is 13.2 Å². The zero-order valence-corrected chi connectivity index (χ0v) is 14.8. The van der Waals surface area contributed by atoms with Gasteiger partial charge in [0.25, 0.3) is 5.56 Å². The van der Waals surface area contributed by atoms with Gasteiger partial charge in [0, 0.05) is 20.1 Å². The lowest BCUT2D eigenvalue weighted by Gasteiger charge is -2.34. The number of aliphatic hydroxyl groups is 1. The predicted octanol–water partition coefficient (Wildman–Crippen LogP) is -0.382. The maximum Gasteiger partial charge on any atom is 0.413 e. The highest BCUT2D eigenvalue weighted by molar-refractivity contribution is 5.88. The van der Waals surface area contributed by atoms with Crippen LogP contribution in [0.1, 0.15) is 20.8 Å². The summed E-state index contributed by atoms with van der Waals surface area (Å²) in [7, 11) is 1.43. The normalized spacial score (nSPS) is 18.1. The van der Waals surface area contributed by atoms with Crippen molar-refractivity contribution in [3.05, 3.63) is 20.8 Å². The van der Waals surface area contributed by atoms with Crippen LogP contribution in [0.5, 0.6) is 0 Å². The first-order valence-corrected chi connectivity index (χ1v) is 7.93. The molecule has 25 heavy (non-hydrogen) atoms. The van der Waals surface area contributed by atoms with Gasteiger partial charge in [-0.05, 0) is 20.8 Å². The van der Waals surface area contributed by atoms with Gasteiger partial charge in [-0.2, -0.15) is 0 Å². The van der Waals surface area contributed by atoms with Crippen LogP contribution in [0.15, 0.2) is 9.59 Å². The number of carbonyl (C=O) groups is 1. The molecule has 1 saturated heterocycles. The first-order valence-electron chi connectivity index (χ1n) is 7.93. The van der Waals surface area contributed by atoms with Crippen LogP contribution in [0.25, 0.3) is 0 Å². The van der Waals surface area contributed by atoms with Gasteiger partial charge >= 0.3 is 11.8 Å². The van der Waals surface area contributed by atoms with Gasteiger partial charge in [-0.1, -0.05) is 0 Å². The van der Waals surface area contributed by atoms with Crippen LogP contribution in [-0.4, -0.2) is 58.8 Å². The molecule has 2 rings (SSSR count). The van der Waals surface area contributed by atoms with Crippen LogP contribution in [-0.2, 0) is 16.5 Å². The number of ether oxygens (including phenoxy) is 2. The lowest BCUT2D eigenvalue weighted by Crippen LogP contribution is -2.48. The maximum absolute atomic E-state index is 12.4. The van der Waals surface area contributed by atoms with Gasteiger partial charge in [-0.15, -0.1) is 0 Å². The van der Waals surface area contributed by atoms with Crippen molar-refractivity contribution < 1.29 is 19.4 Å². The number of aromatic amines is 1. The monoisotopic (exact) mass is 356 g/mol. The average molecular weight is 356 g/mol. The van der Waals surface area contributed by atoms with Crippen molar-refractivity contribution >= 4 is 17.6 Å². The van der Waals surface area contributed by atoms with Crippen LogP contribution < -0.4 is 21.5 Å². The van der Waals surface area contributed by atoms with E-state index in [4.69, 9.17) is 9.47 Å². The van der Waals surface area contributed by atoms with Crippen molar-refractivity contribution in [3.63, 3.8) is 0 Å². The van der Waals surface area contributed by atoms with E-state index in [1.807, 2.05) is 0 Å². The number of morpholine rings is 1. The van der Waals surface area contributed by atoms with Crippen molar-refractivity contribution in [2.75, 3.05) is 36.5 Å². The highest BCUT2D eigenvalue weighted by Crippen LogP contribution is 2.22. The summed E-state index contributed by atoms with van der Waals surface area (Å²) in [5.41, 5.74) is -1.90. The molecular weight excluding hydrogens is 332 g/mol. The fourth-order valence-electron chi connectivity index (χ4n) is 2.48. The number of nitrogens with one attached hydrogen (secondary N) is 2. The third-order valence-electron chi connectivity index (χ3n) is 3.58. The van der Waals surface area contributed by atoms with Crippen LogP contribution >= 0.6 is 0 Å². The number of hydrogen-bond donors (Lipinski definition) is 3. The van der Waals surface area contributed by atoms with Crippen LogP contribution in [0.2, 0.25) is 0 Å². The number of H-pyrrole nitrogens is 1. The smallest absolute Gasteiger partial charge is 0.413 e. The molecular formula is C15H24N4O6. The summed E-state index contributed by atoms with van der Waals surface area (Å²) in [5, 5.41) is 11.8. The van der Waals surface area contributed by atoms with E-state index >= 15 is 0 Å². The van der Waals surface area contributed by atoms with E-state index in [1.54, 1.807) is 25.7 Å². The summed E-state index contributed by atoms with van der Waals surface area (Å²) in [6, 6.07) is 0. The molecule has 10 heteroatoms. The number of aliphatic hydroxyl groups excluding tert-OH is 1. The Labute approximate surface area is 144 Å². The minimum absolute atomic E-state index is 0.0292. The Balaban J connectivity index is 2.42. The summed E-state index contributed by atoms with van der Waals surface area (Å²) in [6.07, 6.45) is -1.24. The Morgan fingerprint density at radius 1 is 1.44 bits per heavy atom.